The summed E-state index contributed by atoms with van der Waals surface area (Å²) >= 11 is 0. The Morgan fingerprint density at radius 3 is 2.50 bits per heavy atom. The van der Waals surface area contributed by atoms with Crippen molar-refractivity contribution in [3.63, 3.8) is 0 Å². The molecular weight excluding hydrogens is 246 g/mol. The number of carbonyl (C=O) groups is 1. The molecule has 0 bridgehead atoms. The average Bonchev–Trinajstić information content (AvgIpc) is 2.40. The molecule has 1 atom stereocenters. The molecule has 0 N–H and O–H groups in total. The second-order valence-electron chi connectivity index (χ2n) is 7.18. The summed E-state index contributed by atoms with van der Waals surface area (Å²) < 4.78 is 0. The molecule has 110 valence electrons. The van der Waals surface area contributed by atoms with Gasteiger partial charge in [0.1, 0.15) is 0 Å². The third-order valence-electron chi connectivity index (χ3n) is 4.35. The van der Waals surface area contributed by atoms with Crippen LogP contribution >= 0.6 is 0 Å². The van der Waals surface area contributed by atoms with Crippen LogP contribution in [0, 0.1) is 19.3 Å². The highest BCUT2D eigenvalue weighted by molar-refractivity contribution is 5.81. The van der Waals surface area contributed by atoms with Gasteiger partial charge in [-0.05, 0) is 43.4 Å². The van der Waals surface area contributed by atoms with E-state index in [1.165, 1.54) is 23.1 Å². The van der Waals surface area contributed by atoms with Gasteiger partial charge >= 0.3 is 0 Å². The predicted molar refractivity (Wildman–Crippen MR) is 83.9 cm³/mol. The molecule has 1 aromatic carbocycles. The van der Waals surface area contributed by atoms with Crippen LogP contribution in [0.2, 0.25) is 0 Å². The molecule has 20 heavy (non-hydrogen) atoms. The highest BCUT2D eigenvalue weighted by Gasteiger charge is 2.31. The first-order chi connectivity index (χ1) is 9.29. The summed E-state index contributed by atoms with van der Waals surface area (Å²) in [5.74, 6) is 0.778. The Labute approximate surface area is 123 Å². The molecule has 1 aliphatic heterocycles. The lowest BCUT2D eigenvalue weighted by atomic mass is 9.87. The molecule has 0 spiro atoms. The summed E-state index contributed by atoms with van der Waals surface area (Å²) in [6, 6.07) is 6.73. The monoisotopic (exact) mass is 273 g/mol. The van der Waals surface area contributed by atoms with Gasteiger partial charge in [0.25, 0.3) is 0 Å². The molecule has 1 saturated heterocycles. The molecule has 0 aromatic heterocycles. The minimum atomic E-state index is -0.273. The highest BCUT2D eigenvalue weighted by Crippen LogP contribution is 2.30. The molecule has 1 aromatic rings. The summed E-state index contributed by atoms with van der Waals surface area (Å²) in [6.07, 6.45) is 2.30. The third kappa shape index (κ3) is 3.23. The van der Waals surface area contributed by atoms with Gasteiger partial charge in [-0.15, -0.1) is 0 Å². The van der Waals surface area contributed by atoms with Crippen LogP contribution in [0.3, 0.4) is 0 Å². The van der Waals surface area contributed by atoms with Gasteiger partial charge in [0.15, 0.2) is 0 Å². The van der Waals surface area contributed by atoms with Crippen LogP contribution in [0.4, 0.5) is 0 Å². The van der Waals surface area contributed by atoms with E-state index < -0.39 is 0 Å². The second-order valence-corrected chi connectivity index (χ2v) is 7.18. The predicted octanol–water partition coefficient (Wildman–Crippen LogP) is 4.06. The minimum Gasteiger partial charge on any atom is -0.342 e. The van der Waals surface area contributed by atoms with Crippen molar-refractivity contribution < 1.29 is 4.79 Å². The van der Waals surface area contributed by atoms with Gasteiger partial charge in [0.05, 0.1) is 0 Å². The molecule has 1 aliphatic rings. The number of aryl methyl sites for hydroxylation is 2. The van der Waals surface area contributed by atoms with Crippen molar-refractivity contribution in [1.29, 1.82) is 0 Å². The van der Waals surface area contributed by atoms with Crippen LogP contribution < -0.4 is 0 Å². The SMILES string of the molecule is Cc1ccc([C@@H]2CCCN(C(=O)C(C)(C)C)C2)cc1C. The summed E-state index contributed by atoms with van der Waals surface area (Å²) in [5, 5.41) is 0. The van der Waals surface area contributed by atoms with Crippen LogP contribution in [0.5, 0.6) is 0 Å². The van der Waals surface area contributed by atoms with Gasteiger partial charge in [0, 0.05) is 24.4 Å². The van der Waals surface area contributed by atoms with Crippen molar-refractivity contribution in [1.82, 2.24) is 4.90 Å². The number of rotatable bonds is 1. The highest BCUT2D eigenvalue weighted by atomic mass is 16.2. The van der Waals surface area contributed by atoms with Crippen molar-refractivity contribution in [2.75, 3.05) is 13.1 Å². The number of amides is 1. The Bertz CT molecular complexity index is 499. The van der Waals surface area contributed by atoms with Crippen LogP contribution in [-0.2, 0) is 4.79 Å². The van der Waals surface area contributed by atoms with E-state index in [0.717, 1.165) is 19.5 Å². The van der Waals surface area contributed by atoms with Gasteiger partial charge in [-0.1, -0.05) is 39.0 Å². The molecule has 0 radical (unpaired) electrons. The molecule has 0 unspecified atom stereocenters. The largest absolute Gasteiger partial charge is 0.342 e. The maximum absolute atomic E-state index is 12.4. The zero-order chi connectivity index (χ0) is 14.9. The smallest absolute Gasteiger partial charge is 0.227 e. The maximum atomic E-state index is 12.4. The molecule has 1 fully saturated rings. The van der Waals surface area contributed by atoms with Crippen molar-refractivity contribution in [3.8, 4) is 0 Å². The molecular formula is C18H27NO. The van der Waals surface area contributed by atoms with E-state index in [9.17, 15) is 4.79 Å². The third-order valence-corrected chi connectivity index (χ3v) is 4.35. The maximum Gasteiger partial charge on any atom is 0.227 e. The Kier molecular flexibility index (Phi) is 4.22. The van der Waals surface area contributed by atoms with Gasteiger partial charge < -0.3 is 4.90 Å². The standard InChI is InChI=1S/C18H27NO/c1-13-8-9-15(11-14(13)2)16-7-6-10-19(12-16)17(20)18(3,4)5/h8-9,11,16H,6-7,10,12H2,1-5H3/t16-/m1/s1. The molecule has 2 rings (SSSR count). The van der Waals surface area contributed by atoms with Crippen molar-refractivity contribution in [2.45, 2.75) is 53.4 Å². The lowest BCUT2D eigenvalue weighted by Gasteiger charge is -2.36. The average molecular weight is 273 g/mol. The number of likely N-dealkylation sites (tertiary alicyclic amines) is 1. The molecule has 0 saturated carbocycles. The lowest BCUT2D eigenvalue weighted by molar-refractivity contribution is -0.140. The van der Waals surface area contributed by atoms with E-state index in [1.54, 1.807) is 0 Å². The second kappa shape index (κ2) is 5.59. The Morgan fingerprint density at radius 1 is 1.20 bits per heavy atom. The van der Waals surface area contributed by atoms with Gasteiger partial charge in [-0.2, -0.15) is 0 Å². The number of benzene rings is 1. The quantitative estimate of drug-likeness (QED) is 0.755. The zero-order valence-electron chi connectivity index (χ0n) is 13.5. The van der Waals surface area contributed by atoms with Crippen molar-refractivity contribution in [2.24, 2.45) is 5.41 Å². The van der Waals surface area contributed by atoms with Crippen molar-refractivity contribution >= 4 is 5.91 Å². The first-order valence-electron chi connectivity index (χ1n) is 7.65. The molecule has 1 amide bonds. The van der Waals surface area contributed by atoms with Crippen molar-refractivity contribution in [3.05, 3.63) is 34.9 Å². The van der Waals surface area contributed by atoms with Gasteiger partial charge in [-0.25, -0.2) is 0 Å². The van der Waals surface area contributed by atoms with E-state index >= 15 is 0 Å². The van der Waals surface area contributed by atoms with Gasteiger partial charge in [-0.3, -0.25) is 4.79 Å². The number of carbonyl (C=O) groups excluding carboxylic acids is 1. The first-order valence-corrected chi connectivity index (χ1v) is 7.65. The van der Waals surface area contributed by atoms with Crippen LogP contribution in [0.25, 0.3) is 0 Å². The lowest BCUT2D eigenvalue weighted by Crippen LogP contribution is -2.44. The van der Waals surface area contributed by atoms with Crippen LogP contribution in [0.1, 0.15) is 56.2 Å². The Balaban J connectivity index is 2.14. The fraction of sp³-hybridized carbons (Fsp3) is 0.611. The van der Waals surface area contributed by atoms with E-state index in [2.05, 4.69) is 36.9 Å². The Morgan fingerprint density at radius 2 is 1.90 bits per heavy atom. The fourth-order valence-corrected chi connectivity index (χ4v) is 2.93. The van der Waals surface area contributed by atoms with E-state index in [-0.39, 0.29) is 11.3 Å². The minimum absolute atomic E-state index is 0.273. The van der Waals surface area contributed by atoms with Crippen LogP contribution in [-0.4, -0.2) is 23.9 Å². The fourth-order valence-electron chi connectivity index (χ4n) is 2.93. The summed E-state index contributed by atoms with van der Waals surface area (Å²) in [7, 11) is 0. The summed E-state index contributed by atoms with van der Waals surface area (Å²) in [4.78, 5) is 14.5. The Hall–Kier alpha value is -1.31. The van der Waals surface area contributed by atoms with Gasteiger partial charge in [0.2, 0.25) is 5.91 Å². The molecule has 1 heterocycles. The van der Waals surface area contributed by atoms with E-state index in [4.69, 9.17) is 0 Å². The topological polar surface area (TPSA) is 20.3 Å². The van der Waals surface area contributed by atoms with Crippen LogP contribution in [0.15, 0.2) is 18.2 Å². The van der Waals surface area contributed by atoms with E-state index in [0.29, 0.717) is 5.92 Å². The number of hydrogen-bond donors (Lipinski definition) is 0. The number of hydrogen-bond acceptors (Lipinski definition) is 1. The zero-order valence-corrected chi connectivity index (χ0v) is 13.5. The molecule has 0 aliphatic carbocycles. The summed E-state index contributed by atoms with van der Waals surface area (Å²) in [6.45, 7) is 12.1. The normalized spacial score (nSPS) is 20.1. The molecule has 2 heteroatoms. The van der Waals surface area contributed by atoms with E-state index in [1.807, 2.05) is 20.8 Å². The number of nitrogens with zero attached hydrogens (tertiary/aromatic N) is 1. The summed E-state index contributed by atoms with van der Waals surface area (Å²) in [5.41, 5.74) is 3.80. The first kappa shape index (κ1) is 15.1. The number of piperidine rings is 1. The molecule has 2 nitrogen and oxygen atoms in total.